The van der Waals surface area contributed by atoms with Crippen molar-refractivity contribution in [2.45, 2.75) is 32.9 Å². The lowest BCUT2D eigenvalue weighted by molar-refractivity contribution is -0.143. The highest BCUT2D eigenvalue weighted by Gasteiger charge is 2.37. The van der Waals surface area contributed by atoms with Gasteiger partial charge in [0.2, 0.25) is 0 Å². The van der Waals surface area contributed by atoms with Gasteiger partial charge in [-0.25, -0.2) is 18.4 Å². The minimum absolute atomic E-state index is 0.00444. The highest BCUT2D eigenvalue weighted by molar-refractivity contribution is 5.95. The molecule has 0 unspecified atom stereocenters. The number of nitrogens with zero attached hydrogens (tertiary/aromatic N) is 1. The van der Waals surface area contributed by atoms with Gasteiger partial charge >= 0.3 is 12.0 Å². The summed E-state index contributed by atoms with van der Waals surface area (Å²) in [5.41, 5.74) is -0.0964. The highest BCUT2D eigenvalue weighted by atomic mass is 19.1. The molecule has 23 heavy (non-hydrogen) atoms. The molecule has 0 bridgehead atoms. The van der Waals surface area contributed by atoms with Crippen molar-refractivity contribution >= 4 is 12.0 Å². The fraction of sp³-hybridized carbons (Fsp3) is 0.375. The van der Waals surface area contributed by atoms with E-state index in [1.807, 2.05) is 0 Å². The van der Waals surface area contributed by atoms with Gasteiger partial charge in [-0.1, -0.05) is 6.07 Å². The second-order valence-corrected chi connectivity index (χ2v) is 5.53. The zero-order chi connectivity index (χ0) is 17.3. The standard InChI is InChI=1S/C16H18F2N2O3/c1-8(2)23-15(21)12-9(3)20(4)16(22)19-14(12)13-10(17)6-5-7-11(13)18/h5-8,14H,1-4H3,(H,19,22)/t14-/m0/s1. The van der Waals surface area contributed by atoms with Crippen LogP contribution < -0.4 is 5.32 Å². The summed E-state index contributed by atoms with van der Waals surface area (Å²) in [6.07, 6.45) is -0.406. The number of amides is 2. The van der Waals surface area contributed by atoms with Gasteiger partial charge in [-0.3, -0.25) is 0 Å². The second kappa shape index (κ2) is 6.36. The van der Waals surface area contributed by atoms with Gasteiger partial charge in [-0.15, -0.1) is 0 Å². The van der Waals surface area contributed by atoms with Crippen molar-refractivity contribution in [2.75, 3.05) is 7.05 Å². The second-order valence-electron chi connectivity index (χ2n) is 5.53. The minimum Gasteiger partial charge on any atom is -0.459 e. The van der Waals surface area contributed by atoms with Crippen LogP contribution in [0.25, 0.3) is 0 Å². The summed E-state index contributed by atoms with van der Waals surface area (Å²) in [7, 11) is 1.46. The number of allylic oxidation sites excluding steroid dienone is 1. The molecule has 1 aromatic rings. The van der Waals surface area contributed by atoms with E-state index in [1.165, 1.54) is 24.9 Å². The number of ether oxygens (including phenoxy) is 1. The molecule has 0 radical (unpaired) electrons. The molecule has 1 aliphatic rings. The van der Waals surface area contributed by atoms with Crippen LogP contribution in [0.4, 0.5) is 13.6 Å². The van der Waals surface area contributed by atoms with E-state index in [0.29, 0.717) is 0 Å². The quantitative estimate of drug-likeness (QED) is 0.870. The van der Waals surface area contributed by atoms with Crippen LogP contribution in [0.3, 0.4) is 0 Å². The normalized spacial score (nSPS) is 18.3. The summed E-state index contributed by atoms with van der Waals surface area (Å²) < 4.78 is 33.4. The molecule has 5 nitrogen and oxygen atoms in total. The zero-order valence-corrected chi connectivity index (χ0v) is 13.3. The van der Waals surface area contributed by atoms with Crippen LogP contribution in [0.1, 0.15) is 32.4 Å². The van der Waals surface area contributed by atoms with Crippen LogP contribution in [0.15, 0.2) is 29.5 Å². The van der Waals surface area contributed by atoms with Gasteiger partial charge < -0.3 is 15.0 Å². The lowest BCUT2D eigenvalue weighted by Gasteiger charge is -2.33. The van der Waals surface area contributed by atoms with Crippen molar-refractivity contribution < 1.29 is 23.1 Å². The van der Waals surface area contributed by atoms with Crippen LogP contribution >= 0.6 is 0 Å². The Kier molecular flexibility index (Phi) is 4.68. The average Bonchev–Trinajstić information content (AvgIpc) is 2.43. The highest BCUT2D eigenvalue weighted by Crippen LogP contribution is 2.33. The van der Waals surface area contributed by atoms with Crippen LogP contribution in [0.5, 0.6) is 0 Å². The van der Waals surface area contributed by atoms with E-state index in [9.17, 15) is 18.4 Å². The molecule has 2 amide bonds. The molecule has 0 aromatic heterocycles. The Morgan fingerprint density at radius 3 is 2.39 bits per heavy atom. The third-order valence-corrected chi connectivity index (χ3v) is 3.61. The number of rotatable bonds is 3. The Hall–Kier alpha value is -2.44. The van der Waals surface area contributed by atoms with Gasteiger partial charge in [0.25, 0.3) is 0 Å². The Labute approximate surface area is 132 Å². The summed E-state index contributed by atoms with van der Waals surface area (Å²) in [6.45, 7) is 4.86. The third-order valence-electron chi connectivity index (χ3n) is 3.61. The number of carbonyl (C=O) groups is 2. The fourth-order valence-corrected chi connectivity index (χ4v) is 2.38. The Bertz CT molecular complexity index is 666. The summed E-state index contributed by atoms with van der Waals surface area (Å²) in [6, 6.07) is 1.56. The maximum Gasteiger partial charge on any atom is 0.338 e. The molecule has 1 heterocycles. The lowest BCUT2D eigenvalue weighted by Crippen LogP contribution is -2.47. The third kappa shape index (κ3) is 3.18. The van der Waals surface area contributed by atoms with Crippen LogP contribution in [0.2, 0.25) is 0 Å². The first-order valence-electron chi connectivity index (χ1n) is 7.14. The molecule has 0 aliphatic carbocycles. The van der Waals surface area contributed by atoms with Gasteiger partial charge in [0.1, 0.15) is 11.6 Å². The van der Waals surface area contributed by atoms with Crippen molar-refractivity contribution in [1.29, 1.82) is 0 Å². The maximum atomic E-state index is 14.1. The van der Waals surface area contributed by atoms with E-state index in [1.54, 1.807) is 13.8 Å². The predicted octanol–water partition coefficient (Wildman–Crippen LogP) is 2.89. The molecule has 0 spiro atoms. The number of benzene rings is 1. The van der Waals surface area contributed by atoms with Gasteiger partial charge in [0.15, 0.2) is 0 Å². The van der Waals surface area contributed by atoms with Crippen LogP contribution in [-0.4, -0.2) is 30.1 Å². The first-order valence-corrected chi connectivity index (χ1v) is 7.14. The molecule has 124 valence electrons. The minimum atomic E-state index is -1.24. The molecular weight excluding hydrogens is 306 g/mol. The number of esters is 1. The fourth-order valence-electron chi connectivity index (χ4n) is 2.38. The molecule has 7 heteroatoms. The maximum absolute atomic E-state index is 14.1. The topological polar surface area (TPSA) is 58.6 Å². The predicted molar refractivity (Wildman–Crippen MR) is 79.3 cm³/mol. The average molecular weight is 324 g/mol. The number of hydrogen-bond acceptors (Lipinski definition) is 3. The van der Waals surface area contributed by atoms with Gasteiger partial charge in [-0.2, -0.15) is 0 Å². The molecule has 2 rings (SSSR count). The van der Waals surface area contributed by atoms with E-state index in [2.05, 4.69) is 5.32 Å². The lowest BCUT2D eigenvalue weighted by atomic mass is 9.94. The van der Waals surface area contributed by atoms with Gasteiger partial charge in [-0.05, 0) is 32.9 Å². The number of nitrogens with one attached hydrogen (secondary N) is 1. The molecule has 1 atom stereocenters. The molecule has 0 saturated carbocycles. The molecule has 1 N–H and O–H groups in total. The zero-order valence-electron chi connectivity index (χ0n) is 13.3. The van der Waals surface area contributed by atoms with Crippen molar-refractivity contribution in [2.24, 2.45) is 0 Å². The van der Waals surface area contributed by atoms with Crippen molar-refractivity contribution in [1.82, 2.24) is 10.2 Å². The molecule has 0 fully saturated rings. The number of carbonyl (C=O) groups excluding carboxylic acids is 2. The monoisotopic (exact) mass is 324 g/mol. The number of urea groups is 1. The largest absolute Gasteiger partial charge is 0.459 e. The van der Waals surface area contributed by atoms with E-state index in [0.717, 1.165) is 12.1 Å². The Morgan fingerprint density at radius 1 is 1.30 bits per heavy atom. The Morgan fingerprint density at radius 2 is 1.87 bits per heavy atom. The first-order chi connectivity index (χ1) is 10.7. The van der Waals surface area contributed by atoms with Gasteiger partial charge in [0, 0.05) is 12.7 Å². The SMILES string of the molecule is CC1=C(C(=O)OC(C)C)[C@@H](c2c(F)cccc2F)NC(=O)N1C. The Balaban J connectivity index is 2.60. The molecular formula is C16H18F2N2O3. The van der Waals surface area contributed by atoms with Crippen molar-refractivity contribution in [3.05, 3.63) is 46.7 Å². The first kappa shape index (κ1) is 16.9. The summed E-state index contributed by atoms with van der Waals surface area (Å²) in [4.78, 5) is 25.6. The molecule has 0 saturated heterocycles. The smallest absolute Gasteiger partial charge is 0.338 e. The summed E-state index contributed by atoms with van der Waals surface area (Å²) in [5, 5.41) is 2.45. The summed E-state index contributed by atoms with van der Waals surface area (Å²) >= 11 is 0. The van der Waals surface area contributed by atoms with Gasteiger partial charge in [0.05, 0.1) is 23.3 Å². The molecule has 1 aliphatic heterocycles. The van der Waals surface area contributed by atoms with Crippen LogP contribution in [-0.2, 0) is 9.53 Å². The van der Waals surface area contributed by atoms with Crippen molar-refractivity contribution in [3.8, 4) is 0 Å². The van der Waals surface area contributed by atoms with E-state index in [4.69, 9.17) is 4.74 Å². The number of halogens is 2. The van der Waals surface area contributed by atoms with E-state index < -0.39 is 35.8 Å². The summed E-state index contributed by atoms with van der Waals surface area (Å²) in [5.74, 6) is -2.41. The van der Waals surface area contributed by atoms with E-state index in [-0.39, 0.29) is 16.8 Å². The number of hydrogen-bond donors (Lipinski definition) is 1. The van der Waals surface area contributed by atoms with Crippen molar-refractivity contribution in [3.63, 3.8) is 0 Å². The van der Waals surface area contributed by atoms with E-state index >= 15 is 0 Å². The van der Waals surface area contributed by atoms with Crippen LogP contribution in [0, 0.1) is 11.6 Å². The molecule has 1 aromatic carbocycles.